The lowest BCUT2D eigenvalue weighted by atomic mass is 10.1. The number of anilines is 2. The molecular weight excluding hydrogens is 284 g/mol. The Morgan fingerprint density at radius 3 is 2.50 bits per heavy atom. The minimum absolute atomic E-state index is 0.102. The molecule has 0 fully saturated rings. The van der Waals surface area contributed by atoms with Crippen LogP contribution in [0.5, 0.6) is 0 Å². The molecule has 0 bridgehead atoms. The van der Waals surface area contributed by atoms with Gasteiger partial charge in [-0.3, -0.25) is 14.4 Å². The van der Waals surface area contributed by atoms with Gasteiger partial charge in [-0.25, -0.2) is 0 Å². The van der Waals surface area contributed by atoms with Crippen molar-refractivity contribution >= 4 is 29.2 Å². The molecule has 1 rings (SSSR count). The fraction of sp³-hybridized carbons (Fsp3) is 0.438. The van der Waals surface area contributed by atoms with Crippen LogP contribution >= 0.6 is 0 Å². The molecule has 0 aliphatic rings. The van der Waals surface area contributed by atoms with Gasteiger partial charge in [0.1, 0.15) is 0 Å². The van der Waals surface area contributed by atoms with Crippen molar-refractivity contribution < 1.29 is 19.5 Å². The molecule has 22 heavy (non-hydrogen) atoms. The third-order valence-corrected chi connectivity index (χ3v) is 2.91. The van der Waals surface area contributed by atoms with E-state index in [-0.39, 0.29) is 30.7 Å². The van der Waals surface area contributed by atoms with Crippen molar-refractivity contribution in [3.05, 3.63) is 24.3 Å². The normalized spacial score (nSPS) is 10.4. The summed E-state index contributed by atoms with van der Waals surface area (Å²) in [7, 11) is 0. The van der Waals surface area contributed by atoms with Crippen LogP contribution < -0.4 is 10.2 Å². The summed E-state index contributed by atoms with van der Waals surface area (Å²) in [6.07, 6.45) is 0.207. The molecule has 0 heterocycles. The lowest BCUT2D eigenvalue weighted by Crippen LogP contribution is -2.33. The number of hydrogen-bond donors (Lipinski definition) is 2. The van der Waals surface area contributed by atoms with Crippen molar-refractivity contribution in [1.29, 1.82) is 0 Å². The number of carbonyl (C=O) groups is 3. The smallest absolute Gasteiger partial charge is 0.305 e. The lowest BCUT2D eigenvalue weighted by Gasteiger charge is -2.23. The second-order valence-electron chi connectivity index (χ2n) is 5.52. The summed E-state index contributed by atoms with van der Waals surface area (Å²) in [5.74, 6) is -1.11. The Kier molecular flexibility index (Phi) is 6.56. The van der Waals surface area contributed by atoms with Crippen LogP contribution in [-0.2, 0) is 14.4 Å². The largest absolute Gasteiger partial charge is 0.481 e. The number of rotatable bonds is 7. The summed E-state index contributed by atoms with van der Waals surface area (Å²) >= 11 is 0. The molecule has 0 spiro atoms. The number of carbonyl (C=O) groups excluding carboxylic acids is 2. The number of carboxylic acid groups (broad SMARTS) is 1. The van der Waals surface area contributed by atoms with Gasteiger partial charge in [0.25, 0.3) is 0 Å². The van der Waals surface area contributed by atoms with Crippen molar-refractivity contribution in [2.45, 2.75) is 33.6 Å². The third kappa shape index (κ3) is 5.95. The molecule has 0 aromatic heterocycles. The number of aliphatic carboxylic acids is 1. The molecule has 0 aliphatic heterocycles. The first-order valence-electron chi connectivity index (χ1n) is 7.19. The van der Waals surface area contributed by atoms with E-state index in [0.29, 0.717) is 17.8 Å². The molecule has 2 N–H and O–H groups in total. The highest BCUT2D eigenvalue weighted by Crippen LogP contribution is 2.21. The number of nitrogens with zero attached hydrogens (tertiary/aromatic N) is 1. The third-order valence-electron chi connectivity index (χ3n) is 2.91. The van der Waals surface area contributed by atoms with E-state index in [9.17, 15) is 14.4 Å². The predicted molar refractivity (Wildman–Crippen MR) is 84.8 cm³/mol. The van der Waals surface area contributed by atoms with Crippen molar-refractivity contribution in [2.24, 2.45) is 5.92 Å². The standard InChI is InChI=1S/C16H22N2O4/c1-11(2)9-15(20)18(8-7-16(21)22)14-6-4-5-13(10-14)17-12(3)19/h4-6,10-11H,7-9H2,1-3H3,(H,17,19)(H,21,22). The van der Waals surface area contributed by atoms with E-state index in [1.807, 2.05) is 13.8 Å². The fourth-order valence-corrected chi connectivity index (χ4v) is 2.02. The quantitative estimate of drug-likeness (QED) is 0.810. The van der Waals surface area contributed by atoms with E-state index in [1.54, 1.807) is 24.3 Å². The Morgan fingerprint density at radius 2 is 1.95 bits per heavy atom. The van der Waals surface area contributed by atoms with Gasteiger partial charge in [0.05, 0.1) is 6.42 Å². The van der Waals surface area contributed by atoms with E-state index >= 15 is 0 Å². The highest BCUT2D eigenvalue weighted by Gasteiger charge is 2.18. The Bertz CT molecular complexity index is 555. The second kappa shape index (κ2) is 8.17. The van der Waals surface area contributed by atoms with Crippen LogP contribution in [0, 0.1) is 5.92 Å². The highest BCUT2D eigenvalue weighted by atomic mass is 16.4. The Morgan fingerprint density at radius 1 is 1.27 bits per heavy atom. The molecule has 1 aromatic carbocycles. The van der Waals surface area contributed by atoms with Gasteiger partial charge in [-0.15, -0.1) is 0 Å². The molecule has 0 radical (unpaired) electrons. The molecule has 0 unspecified atom stereocenters. The van der Waals surface area contributed by atoms with Gasteiger partial charge in [0.15, 0.2) is 0 Å². The molecule has 0 saturated carbocycles. The number of carboxylic acids is 1. The molecule has 6 nitrogen and oxygen atoms in total. The van der Waals surface area contributed by atoms with Gasteiger partial charge >= 0.3 is 5.97 Å². The van der Waals surface area contributed by atoms with Crippen LogP contribution in [-0.4, -0.2) is 29.4 Å². The molecule has 120 valence electrons. The summed E-state index contributed by atoms with van der Waals surface area (Å²) < 4.78 is 0. The first-order chi connectivity index (χ1) is 10.3. The number of benzene rings is 1. The van der Waals surface area contributed by atoms with Gasteiger partial charge in [0.2, 0.25) is 11.8 Å². The Hall–Kier alpha value is -2.37. The zero-order valence-corrected chi connectivity index (χ0v) is 13.1. The summed E-state index contributed by atoms with van der Waals surface area (Å²) in [5.41, 5.74) is 1.15. The average molecular weight is 306 g/mol. The van der Waals surface area contributed by atoms with Gasteiger partial charge in [-0.1, -0.05) is 19.9 Å². The van der Waals surface area contributed by atoms with E-state index in [4.69, 9.17) is 5.11 Å². The van der Waals surface area contributed by atoms with E-state index < -0.39 is 5.97 Å². The Labute approximate surface area is 130 Å². The average Bonchev–Trinajstić information content (AvgIpc) is 2.37. The molecule has 0 aliphatic carbocycles. The van der Waals surface area contributed by atoms with Gasteiger partial charge < -0.3 is 15.3 Å². The van der Waals surface area contributed by atoms with Crippen molar-refractivity contribution in [1.82, 2.24) is 0 Å². The maximum atomic E-state index is 12.3. The molecule has 2 amide bonds. The molecule has 1 aromatic rings. The zero-order valence-electron chi connectivity index (χ0n) is 13.1. The molecule has 6 heteroatoms. The zero-order chi connectivity index (χ0) is 16.7. The van der Waals surface area contributed by atoms with Gasteiger partial charge in [0, 0.05) is 31.3 Å². The summed E-state index contributed by atoms with van der Waals surface area (Å²) in [5, 5.41) is 11.5. The minimum Gasteiger partial charge on any atom is -0.481 e. The van der Waals surface area contributed by atoms with Crippen molar-refractivity contribution in [3.8, 4) is 0 Å². The van der Waals surface area contributed by atoms with E-state index in [2.05, 4.69) is 5.32 Å². The molecular formula is C16H22N2O4. The SMILES string of the molecule is CC(=O)Nc1cccc(N(CCC(=O)O)C(=O)CC(C)C)c1. The molecule has 0 saturated heterocycles. The second-order valence-corrected chi connectivity index (χ2v) is 5.52. The first-order valence-corrected chi connectivity index (χ1v) is 7.19. The van der Waals surface area contributed by atoms with Crippen LogP contribution in [0.4, 0.5) is 11.4 Å². The number of hydrogen-bond acceptors (Lipinski definition) is 3. The van der Waals surface area contributed by atoms with Gasteiger partial charge in [-0.05, 0) is 24.1 Å². The van der Waals surface area contributed by atoms with Gasteiger partial charge in [-0.2, -0.15) is 0 Å². The lowest BCUT2D eigenvalue weighted by molar-refractivity contribution is -0.136. The number of amides is 2. The first kappa shape index (κ1) is 17.7. The van der Waals surface area contributed by atoms with E-state index in [0.717, 1.165) is 0 Å². The summed E-state index contributed by atoms with van der Waals surface area (Å²) in [6, 6.07) is 6.83. The predicted octanol–water partition coefficient (Wildman–Crippen LogP) is 2.50. The van der Waals surface area contributed by atoms with Crippen LogP contribution in [0.15, 0.2) is 24.3 Å². The maximum absolute atomic E-state index is 12.3. The Balaban J connectivity index is 3.00. The summed E-state index contributed by atoms with van der Waals surface area (Å²) in [6.45, 7) is 5.37. The van der Waals surface area contributed by atoms with Crippen LogP contribution in [0.3, 0.4) is 0 Å². The van der Waals surface area contributed by atoms with E-state index in [1.165, 1.54) is 11.8 Å². The minimum atomic E-state index is -0.958. The van der Waals surface area contributed by atoms with Crippen LogP contribution in [0.2, 0.25) is 0 Å². The summed E-state index contributed by atoms with van der Waals surface area (Å²) in [4.78, 5) is 35.7. The highest BCUT2D eigenvalue weighted by molar-refractivity contribution is 5.95. The van der Waals surface area contributed by atoms with Crippen molar-refractivity contribution in [2.75, 3.05) is 16.8 Å². The topological polar surface area (TPSA) is 86.7 Å². The van der Waals surface area contributed by atoms with Crippen LogP contribution in [0.25, 0.3) is 0 Å². The monoisotopic (exact) mass is 306 g/mol. The van der Waals surface area contributed by atoms with Crippen LogP contribution in [0.1, 0.15) is 33.6 Å². The molecule has 0 atom stereocenters. The van der Waals surface area contributed by atoms with Crippen molar-refractivity contribution in [3.63, 3.8) is 0 Å². The fourth-order valence-electron chi connectivity index (χ4n) is 2.02. The number of nitrogens with one attached hydrogen (secondary N) is 1. The maximum Gasteiger partial charge on any atom is 0.305 e.